The number of nitrogens with zero attached hydrogens (tertiary/aromatic N) is 2. The van der Waals surface area contributed by atoms with E-state index in [4.69, 9.17) is 0 Å². The van der Waals surface area contributed by atoms with E-state index in [1.165, 1.54) is 0 Å². The molecule has 2 aromatic rings. The molecule has 29 heavy (non-hydrogen) atoms. The van der Waals surface area contributed by atoms with E-state index in [-0.39, 0.29) is 11.8 Å². The van der Waals surface area contributed by atoms with Crippen LogP contribution in [0.5, 0.6) is 5.75 Å². The van der Waals surface area contributed by atoms with Crippen molar-refractivity contribution < 1.29 is 15.0 Å². The lowest BCUT2D eigenvalue weighted by molar-refractivity contribution is -0.161. The minimum atomic E-state index is -1.43. The number of hydrogen-bond donors (Lipinski definition) is 2. The van der Waals surface area contributed by atoms with Gasteiger partial charge in [0.25, 0.3) is 5.91 Å². The Kier molecular flexibility index (Phi) is 5.88. The van der Waals surface area contributed by atoms with Crippen LogP contribution in [0.1, 0.15) is 36.8 Å². The highest BCUT2D eigenvalue weighted by atomic mass is 16.3. The zero-order valence-corrected chi connectivity index (χ0v) is 16.8. The topological polar surface area (TPSA) is 64.0 Å². The quantitative estimate of drug-likeness (QED) is 0.818. The summed E-state index contributed by atoms with van der Waals surface area (Å²) in [6.07, 6.45) is 3.93. The lowest BCUT2D eigenvalue weighted by Gasteiger charge is -2.41. The molecule has 2 fully saturated rings. The summed E-state index contributed by atoms with van der Waals surface area (Å²) in [5, 5.41) is 21.7. The third-order valence-corrected chi connectivity index (χ3v) is 6.53. The zero-order valence-electron chi connectivity index (χ0n) is 16.8. The average molecular weight is 395 g/mol. The fourth-order valence-electron chi connectivity index (χ4n) is 4.81. The van der Waals surface area contributed by atoms with Crippen molar-refractivity contribution in [1.82, 2.24) is 9.80 Å². The number of amides is 1. The second kappa shape index (κ2) is 8.56. The van der Waals surface area contributed by atoms with Crippen LogP contribution < -0.4 is 0 Å². The first-order chi connectivity index (χ1) is 14.1. The van der Waals surface area contributed by atoms with Crippen molar-refractivity contribution in [2.24, 2.45) is 5.92 Å². The number of hydrogen-bond acceptors (Lipinski definition) is 4. The number of piperazine rings is 1. The Hall–Kier alpha value is -2.37. The largest absolute Gasteiger partial charge is 0.508 e. The summed E-state index contributed by atoms with van der Waals surface area (Å²) in [4.78, 5) is 17.6. The van der Waals surface area contributed by atoms with E-state index < -0.39 is 5.60 Å². The molecule has 2 N–H and O–H groups in total. The maximum atomic E-state index is 13.5. The Morgan fingerprint density at radius 3 is 2.21 bits per heavy atom. The first-order valence-corrected chi connectivity index (χ1v) is 10.7. The van der Waals surface area contributed by atoms with Gasteiger partial charge >= 0.3 is 0 Å². The van der Waals surface area contributed by atoms with Gasteiger partial charge in [0, 0.05) is 44.2 Å². The van der Waals surface area contributed by atoms with Gasteiger partial charge in [0.05, 0.1) is 0 Å². The van der Waals surface area contributed by atoms with Gasteiger partial charge in [-0.25, -0.2) is 0 Å². The molecule has 1 atom stereocenters. The van der Waals surface area contributed by atoms with Gasteiger partial charge in [0.2, 0.25) is 0 Å². The van der Waals surface area contributed by atoms with Crippen LogP contribution in [0.25, 0.3) is 0 Å². The molecule has 5 heteroatoms. The van der Waals surface area contributed by atoms with Gasteiger partial charge in [-0.2, -0.15) is 0 Å². The lowest BCUT2D eigenvalue weighted by Crippen LogP contribution is -2.56. The molecule has 0 aromatic heterocycles. The van der Waals surface area contributed by atoms with E-state index in [1.807, 2.05) is 53.4 Å². The Balaban J connectivity index is 1.46. The van der Waals surface area contributed by atoms with Crippen LogP contribution in [0.3, 0.4) is 0 Å². The Morgan fingerprint density at radius 1 is 0.931 bits per heavy atom. The number of phenolic OH excluding ortho intramolecular Hbond substituents is 1. The molecule has 154 valence electrons. The van der Waals surface area contributed by atoms with Crippen LogP contribution >= 0.6 is 0 Å². The number of carbonyl (C=O) groups excluding carboxylic acids is 1. The van der Waals surface area contributed by atoms with Crippen LogP contribution in [0.2, 0.25) is 0 Å². The van der Waals surface area contributed by atoms with Gasteiger partial charge in [-0.1, -0.05) is 61.4 Å². The molecule has 1 aliphatic heterocycles. The Bertz CT molecular complexity index is 827. The van der Waals surface area contributed by atoms with Crippen molar-refractivity contribution in [3.8, 4) is 5.75 Å². The van der Waals surface area contributed by atoms with Crippen molar-refractivity contribution in [2.75, 3.05) is 26.2 Å². The number of phenols is 1. The number of aromatic hydroxyl groups is 1. The molecular weight excluding hydrogens is 364 g/mol. The van der Waals surface area contributed by atoms with Crippen LogP contribution in [-0.4, -0.2) is 52.1 Å². The molecule has 1 amide bonds. The predicted molar refractivity (Wildman–Crippen MR) is 112 cm³/mol. The van der Waals surface area contributed by atoms with Gasteiger partial charge in [-0.15, -0.1) is 0 Å². The van der Waals surface area contributed by atoms with Gasteiger partial charge in [-0.3, -0.25) is 9.69 Å². The van der Waals surface area contributed by atoms with Crippen LogP contribution in [-0.2, 0) is 16.9 Å². The fraction of sp³-hybridized carbons (Fsp3) is 0.458. The second-order valence-electron chi connectivity index (χ2n) is 8.31. The molecule has 0 radical (unpaired) electrons. The Labute approximate surface area is 172 Å². The van der Waals surface area contributed by atoms with E-state index in [1.54, 1.807) is 6.07 Å². The summed E-state index contributed by atoms with van der Waals surface area (Å²) in [5.41, 5.74) is 0.185. The number of rotatable bonds is 5. The summed E-state index contributed by atoms with van der Waals surface area (Å²) in [6, 6.07) is 16.9. The second-order valence-corrected chi connectivity index (χ2v) is 8.31. The summed E-state index contributed by atoms with van der Waals surface area (Å²) in [7, 11) is 0. The molecule has 0 spiro atoms. The maximum absolute atomic E-state index is 13.5. The molecule has 2 aliphatic rings. The number of aliphatic hydroxyl groups is 1. The molecular formula is C24H30N2O3. The van der Waals surface area contributed by atoms with Gasteiger partial charge < -0.3 is 15.1 Å². The summed E-state index contributed by atoms with van der Waals surface area (Å²) in [6.45, 7) is 3.31. The smallest absolute Gasteiger partial charge is 0.259 e. The van der Waals surface area contributed by atoms with E-state index in [9.17, 15) is 15.0 Å². The van der Waals surface area contributed by atoms with Crippen molar-refractivity contribution in [3.63, 3.8) is 0 Å². The highest BCUT2D eigenvalue weighted by Crippen LogP contribution is 2.42. The molecule has 0 bridgehead atoms. The summed E-state index contributed by atoms with van der Waals surface area (Å²) < 4.78 is 0. The maximum Gasteiger partial charge on any atom is 0.259 e. The molecule has 2 aromatic carbocycles. The number of para-hydroxylation sites is 1. The highest BCUT2D eigenvalue weighted by molar-refractivity contribution is 5.87. The van der Waals surface area contributed by atoms with Crippen molar-refractivity contribution in [2.45, 2.75) is 37.8 Å². The normalized spacial score (nSPS) is 20.5. The third kappa shape index (κ3) is 4.02. The third-order valence-electron chi connectivity index (χ3n) is 6.53. The summed E-state index contributed by atoms with van der Waals surface area (Å²) >= 11 is 0. The van der Waals surface area contributed by atoms with Gasteiger partial charge in [-0.05, 0) is 24.5 Å². The molecule has 1 saturated carbocycles. The van der Waals surface area contributed by atoms with Crippen molar-refractivity contribution in [3.05, 3.63) is 65.7 Å². The average Bonchev–Trinajstić information content (AvgIpc) is 3.31. The SMILES string of the molecule is O=C(N1CCN(Cc2ccccc2O)CC1)[C@](O)(c1ccccc1)C1CCCC1. The van der Waals surface area contributed by atoms with Crippen molar-refractivity contribution in [1.29, 1.82) is 0 Å². The molecule has 1 heterocycles. The molecule has 0 unspecified atom stereocenters. The Morgan fingerprint density at radius 2 is 1.55 bits per heavy atom. The fourth-order valence-corrected chi connectivity index (χ4v) is 4.81. The molecule has 5 nitrogen and oxygen atoms in total. The van der Waals surface area contributed by atoms with E-state index in [2.05, 4.69) is 4.90 Å². The van der Waals surface area contributed by atoms with Gasteiger partial charge in [0.1, 0.15) is 5.75 Å². The standard InChI is InChI=1S/C24H30N2O3/c27-22-13-7-4-8-19(22)18-25-14-16-26(17-15-25)23(28)24(29,21-11-5-6-12-21)20-9-2-1-3-10-20/h1-4,7-10,13,21,27,29H,5-6,11-12,14-18H2/t24-/m0/s1. The minimum Gasteiger partial charge on any atom is -0.508 e. The number of benzene rings is 2. The van der Waals surface area contributed by atoms with E-state index >= 15 is 0 Å². The van der Waals surface area contributed by atoms with E-state index in [0.717, 1.165) is 44.3 Å². The van der Waals surface area contributed by atoms with Crippen LogP contribution in [0, 0.1) is 5.92 Å². The summed E-state index contributed by atoms with van der Waals surface area (Å²) in [5.74, 6) is 0.139. The first-order valence-electron chi connectivity index (χ1n) is 10.7. The lowest BCUT2D eigenvalue weighted by atomic mass is 9.79. The first kappa shape index (κ1) is 19.9. The minimum absolute atomic E-state index is 0.0169. The molecule has 1 aliphatic carbocycles. The zero-order chi connectivity index (χ0) is 20.3. The van der Waals surface area contributed by atoms with E-state index in [0.29, 0.717) is 30.9 Å². The predicted octanol–water partition coefficient (Wildman–Crippen LogP) is 3.11. The van der Waals surface area contributed by atoms with Crippen LogP contribution in [0.4, 0.5) is 0 Å². The molecule has 1 saturated heterocycles. The van der Waals surface area contributed by atoms with Gasteiger partial charge in [0.15, 0.2) is 5.60 Å². The number of carbonyl (C=O) groups is 1. The van der Waals surface area contributed by atoms with Crippen LogP contribution in [0.15, 0.2) is 54.6 Å². The highest BCUT2D eigenvalue weighted by Gasteiger charge is 2.48. The monoisotopic (exact) mass is 394 g/mol. The van der Waals surface area contributed by atoms with Crippen molar-refractivity contribution >= 4 is 5.91 Å². The molecule has 4 rings (SSSR count).